The van der Waals surface area contributed by atoms with Gasteiger partial charge in [0.1, 0.15) is 6.26 Å². The number of nitrogens with zero attached hydrogens (tertiary/aromatic N) is 1. The van der Waals surface area contributed by atoms with E-state index >= 15 is 0 Å². The third-order valence-electron chi connectivity index (χ3n) is 2.39. The molecule has 1 rings (SSSR count). The Hall–Kier alpha value is -0.840. The maximum Gasteiger partial charge on any atom is 0.273 e. The molecule has 0 saturated carbocycles. The summed E-state index contributed by atoms with van der Waals surface area (Å²) in [6.45, 7) is 4.92. The van der Waals surface area contributed by atoms with Gasteiger partial charge in [-0.15, -0.1) is 0 Å². The normalized spacial score (nSPS) is 11.4. The molecule has 1 N–H and O–H groups in total. The van der Waals surface area contributed by atoms with E-state index in [1.54, 1.807) is 6.07 Å². The number of rotatable bonds is 6. The quantitative estimate of drug-likeness (QED) is 0.819. The monoisotopic (exact) mass is 288 g/mol. The van der Waals surface area contributed by atoms with Crippen LogP contribution in [-0.2, 0) is 0 Å². The molecule has 0 spiro atoms. The van der Waals surface area contributed by atoms with E-state index in [9.17, 15) is 4.79 Å². The number of halogens is 1. The minimum absolute atomic E-state index is 0.104. The van der Waals surface area contributed by atoms with Crippen LogP contribution in [0.15, 0.2) is 16.9 Å². The number of aromatic nitrogens is 1. The van der Waals surface area contributed by atoms with Gasteiger partial charge in [-0.2, -0.15) is 0 Å². The van der Waals surface area contributed by atoms with Gasteiger partial charge in [0.05, 0.1) is 0 Å². The molecule has 0 fully saturated rings. The van der Waals surface area contributed by atoms with Crippen LogP contribution in [0.3, 0.4) is 0 Å². The van der Waals surface area contributed by atoms with Crippen LogP contribution < -0.4 is 5.32 Å². The van der Waals surface area contributed by atoms with Crippen LogP contribution in [-0.4, -0.2) is 22.9 Å². The predicted octanol–water partition coefficient (Wildman–Crippen LogP) is 2.61. The molecule has 0 unspecified atom stereocenters. The Morgan fingerprint density at radius 3 is 2.94 bits per heavy atom. The predicted molar refractivity (Wildman–Crippen MR) is 65.6 cm³/mol. The highest BCUT2D eigenvalue weighted by Crippen LogP contribution is 2.21. The lowest BCUT2D eigenvalue weighted by Gasteiger charge is -2.24. The lowest BCUT2D eigenvalue weighted by Crippen LogP contribution is -2.34. The van der Waals surface area contributed by atoms with Crippen LogP contribution >= 0.6 is 15.9 Å². The number of hydrogen-bond acceptors (Lipinski definition) is 3. The fourth-order valence-corrected chi connectivity index (χ4v) is 1.65. The lowest BCUT2D eigenvalue weighted by atomic mass is 9.88. The second-order valence-corrected chi connectivity index (χ2v) is 5.32. The number of alkyl halides is 1. The first kappa shape index (κ1) is 13.2. The summed E-state index contributed by atoms with van der Waals surface area (Å²) in [7, 11) is 0. The Labute approximate surface area is 104 Å². The van der Waals surface area contributed by atoms with Crippen molar-refractivity contribution in [2.45, 2.75) is 26.7 Å². The molecule has 0 bridgehead atoms. The van der Waals surface area contributed by atoms with Crippen LogP contribution in [0.1, 0.15) is 37.2 Å². The highest BCUT2D eigenvalue weighted by atomic mass is 79.9. The third kappa shape index (κ3) is 4.35. The van der Waals surface area contributed by atoms with E-state index < -0.39 is 0 Å². The summed E-state index contributed by atoms with van der Waals surface area (Å²) < 4.78 is 4.62. The van der Waals surface area contributed by atoms with Gasteiger partial charge in [-0.1, -0.05) is 34.9 Å². The van der Waals surface area contributed by atoms with E-state index in [-0.39, 0.29) is 11.3 Å². The van der Waals surface area contributed by atoms with E-state index in [4.69, 9.17) is 0 Å². The first-order valence-electron chi connectivity index (χ1n) is 5.30. The van der Waals surface area contributed by atoms with Gasteiger partial charge in [-0.05, 0) is 18.3 Å². The Morgan fingerprint density at radius 2 is 2.38 bits per heavy atom. The molecule has 0 radical (unpaired) electrons. The van der Waals surface area contributed by atoms with Gasteiger partial charge in [0.15, 0.2) is 5.69 Å². The van der Waals surface area contributed by atoms with Crippen molar-refractivity contribution < 1.29 is 9.32 Å². The number of nitrogens with one attached hydrogen (secondary N) is 1. The molecule has 0 aliphatic carbocycles. The van der Waals surface area contributed by atoms with E-state index in [1.807, 2.05) is 0 Å². The van der Waals surface area contributed by atoms with Gasteiger partial charge < -0.3 is 9.84 Å². The zero-order chi connectivity index (χ0) is 12.0. The summed E-state index contributed by atoms with van der Waals surface area (Å²) >= 11 is 3.40. The van der Waals surface area contributed by atoms with Crippen molar-refractivity contribution in [3.05, 3.63) is 18.0 Å². The fraction of sp³-hybridized carbons (Fsp3) is 0.636. The van der Waals surface area contributed by atoms with Gasteiger partial charge in [-0.3, -0.25) is 4.79 Å². The molecular weight excluding hydrogens is 272 g/mol. The van der Waals surface area contributed by atoms with Crippen molar-refractivity contribution in [2.75, 3.05) is 11.9 Å². The van der Waals surface area contributed by atoms with E-state index in [0.29, 0.717) is 12.2 Å². The lowest BCUT2D eigenvalue weighted by molar-refractivity contribution is 0.0925. The summed E-state index contributed by atoms with van der Waals surface area (Å²) in [5, 5.41) is 7.44. The van der Waals surface area contributed by atoms with Gasteiger partial charge in [-0.25, -0.2) is 0 Å². The highest BCUT2D eigenvalue weighted by molar-refractivity contribution is 9.09. The zero-order valence-electron chi connectivity index (χ0n) is 9.62. The Bertz CT molecular complexity index is 323. The van der Waals surface area contributed by atoms with Crippen LogP contribution in [0.25, 0.3) is 0 Å². The zero-order valence-corrected chi connectivity index (χ0v) is 11.2. The van der Waals surface area contributed by atoms with Crippen molar-refractivity contribution >= 4 is 21.8 Å². The molecule has 4 nitrogen and oxygen atoms in total. The van der Waals surface area contributed by atoms with Crippen molar-refractivity contribution in [1.29, 1.82) is 0 Å². The van der Waals surface area contributed by atoms with Gasteiger partial charge in [0.25, 0.3) is 5.91 Å². The molecule has 0 saturated heterocycles. The SMILES string of the molecule is CC(C)(CCCBr)CNC(=O)c1ccon1. The average molecular weight is 289 g/mol. The molecule has 0 aromatic carbocycles. The number of amides is 1. The third-order valence-corrected chi connectivity index (χ3v) is 2.95. The maximum atomic E-state index is 11.6. The fourth-order valence-electron chi connectivity index (χ4n) is 1.37. The molecule has 1 amide bonds. The summed E-state index contributed by atoms with van der Waals surface area (Å²) in [6.07, 6.45) is 3.56. The van der Waals surface area contributed by atoms with Crippen molar-refractivity contribution in [3.63, 3.8) is 0 Å². The topological polar surface area (TPSA) is 55.1 Å². The van der Waals surface area contributed by atoms with Crippen LogP contribution in [0.2, 0.25) is 0 Å². The van der Waals surface area contributed by atoms with Crippen molar-refractivity contribution in [2.24, 2.45) is 5.41 Å². The Morgan fingerprint density at radius 1 is 1.62 bits per heavy atom. The molecular formula is C11H17BrN2O2. The molecule has 1 aromatic rings. The summed E-state index contributed by atoms with van der Waals surface area (Å²) in [5.74, 6) is -0.180. The number of hydrogen-bond donors (Lipinski definition) is 1. The minimum atomic E-state index is -0.180. The second kappa shape index (κ2) is 6.03. The van der Waals surface area contributed by atoms with Crippen LogP contribution in [0.5, 0.6) is 0 Å². The van der Waals surface area contributed by atoms with Gasteiger partial charge >= 0.3 is 0 Å². The van der Waals surface area contributed by atoms with Gasteiger partial charge in [0.2, 0.25) is 0 Å². The standard InChI is InChI=1S/C11H17BrN2O2/c1-11(2,5-3-6-12)8-13-10(15)9-4-7-16-14-9/h4,7H,3,5-6,8H2,1-2H3,(H,13,15). The average Bonchev–Trinajstić information content (AvgIpc) is 2.77. The molecule has 5 heteroatoms. The molecule has 1 aromatic heterocycles. The van der Waals surface area contributed by atoms with E-state index in [0.717, 1.165) is 18.2 Å². The van der Waals surface area contributed by atoms with Crippen LogP contribution in [0.4, 0.5) is 0 Å². The van der Waals surface area contributed by atoms with Gasteiger partial charge in [0, 0.05) is 17.9 Å². The first-order chi connectivity index (χ1) is 7.55. The smallest absolute Gasteiger partial charge is 0.273 e. The summed E-state index contributed by atoms with van der Waals surface area (Å²) in [6, 6.07) is 1.56. The molecule has 0 atom stereocenters. The largest absolute Gasteiger partial charge is 0.364 e. The maximum absolute atomic E-state index is 11.6. The van der Waals surface area contributed by atoms with Crippen LogP contribution in [0, 0.1) is 5.41 Å². The first-order valence-corrected chi connectivity index (χ1v) is 6.42. The molecule has 1 heterocycles. The molecule has 0 aliphatic heterocycles. The van der Waals surface area contributed by atoms with Crippen molar-refractivity contribution in [1.82, 2.24) is 10.5 Å². The number of carbonyl (C=O) groups excluding carboxylic acids is 1. The van der Waals surface area contributed by atoms with E-state index in [2.05, 4.69) is 44.8 Å². The highest BCUT2D eigenvalue weighted by Gasteiger charge is 2.19. The molecule has 90 valence electrons. The molecule has 0 aliphatic rings. The summed E-state index contributed by atoms with van der Waals surface area (Å²) in [4.78, 5) is 11.6. The molecule has 16 heavy (non-hydrogen) atoms. The van der Waals surface area contributed by atoms with E-state index in [1.165, 1.54) is 6.26 Å². The Balaban J connectivity index is 2.36. The number of carbonyl (C=O) groups is 1. The summed E-state index contributed by atoms with van der Waals surface area (Å²) in [5.41, 5.74) is 0.434. The second-order valence-electron chi connectivity index (χ2n) is 4.52. The Kier molecular flexibility index (Phi) is 4.99. The van der Waals surface area contributed by atoms with Crippen molar-refractivity contribution in [3.8, 4) is 0 Å². The minimum Gasteiger partial charge on any atom is -0.364 e.